The number of hydrogen-bond donors (Lipinski definition) is 0. The molecule has 0 bridgehead atoms. The quantitative estimate of drug-likeness (QED) is 0.171. The molecule has 4 heterocycles. The molecule has 0 amide bonds. The molecule has 294 valence electrons. The van der Waals surface area contributed by atoms with Crippen molar-refractivity contribution in [2.75, 3.05) is 9.80 Å². The summed E-state index contributed by atoms with van der Waals surface area (Å²) in [5.74, 6) is 0. The van der Waals surface area contributed by atoms with Crippen LogP contribution in [0.4, 0.5) is 28.4 Å². The summed E-state index contributed by atoms with van der Waals surface area (Å²) in [4.78, 5) is 6.49. The van der Waals surface area contributed by atoms with Crippen LogP contribution in [0.25, 0.3) is 57.9 Å². The molecule has 0 N–H and O–H groups in total. The third-order valence-electron chi connectivity index (χ3n) is 15.0. The highest BCUT2D eigenvalue weighted by Crippen LogP contribution is 2.63. The van der Waals surface area contributed by atoms with Gasteiger partial charge in [0.25, 0.3) is 0 Å². The van der Waals surface area contributed by atoms with Gasteiger partial charge in [0.05, 0.1) is 17.1 Å². The third kappa shape index (κ3) is 4.67. The van der Waals surface area contributed by atoms with Crippen molar-refractivity contribution < 1.29 is 0 Å². The van der Waals surface area contributed by atoms with Crippen molar-refractivity contribution in [3.8, 4) is 0 Å². The second-order valence-corrected chi connectivity index (χ2v) is 20.9. The summed E-state index contributed by atoms with van der Waals surface area (Å²) in [7, 11) is 0. The number of nitrogens with zero attached hydrogens (tertiary/aromatic N) is 2. The zero-order chi connectivity index (χ0) is 41.0. The second-order valence-electron chi connectivity index (χ2n) is 18.7. The minimum absolute atomic E-state index is 0.145. The number of para-hydroxylation sites is 2. The first-order valence-electron chi connectivity index (χ1n) is 21.5. The van der Waals surface area contributed by atoms with Crippen LogP contribution < -0.4 is 9.80 Å². The molecule has 2 aromatic heterocycles. The van der Waals surface area contributed by atoms with Crippen molar-refractivity contribution in [3.05, 3.63) is 191 Å². The SMILES string of the molecule is CC1(C)c2cc3c(cc2N(c2ccccc2)c2ccc4ccccc4c21)sc1cc2c4c(sc2cc13)C=C1N(c2ccccc2)c2ccc3ccccc3c2C(C)(C)C1(C)C4. The molecule has 1 unspecified atom stereocenters. The average Bonchev–Trinajstić information content (AvgIpc) is 3.80. The van der Waals surface area contributed by atoms with E-state index in [1.807, 2.05) is 22.7 Å². The predicted molar refractivity (Wildman–Crippen MR) is 264 cm³/mol. The van der Waals surface area contributed by atoms with Gasteiger partial charge in [0.1, 0.15) is 0 Å². The van der Waals surface area contributed by atoms with Crippen LogP contribution in [0.2, 0.25) is 0 Å². The maximum Gasteiger partial charge on any atom is 0.0517 e. The Kier molecular flexibility index (Phi) is 7.12. The highest BCUT2D eigenvalue weighted by atomic mass is 32.1. The molecule has 1 atom stereocenters. The summed E-state index contributed by atoms with van der Waals surface area (Å²) < 4.78 is 4.08. The smallest absolute Gasteiger partial charge is 0.0517 e. The number of fused-ring (bicyclic) bond motifs is 14. The molecule has 0 spiro atoms. The van der Waals surface area contributed by atoms with Crippen LogP contribution in [0.5, 0.6) is 0 Å². The van der Waals surface area contributed by atoms with Gasteiger partial charge >= 0.3 is 0 Å². The Morgan fingerprint density at radius 2 is 1.00 bits per heavy atom. The van der Waals surface area contributed by atoms with Crippen molar-refractivity contribution in [1.82, 2.24) is 0 Å². The number of anilines is 5. The summed E-state index contributed by atoms with van der Waals surface area (Å²) in [5.41, 5.74) is 12.8. The molecule has 4 heteroatoms. The summed E-state index contributed by atoms with van der Waals surface area (Å²) in [6, 6.07) is 59.3. The Hall–Kier alpha value is -6.20. The molecule has 0 saturated heterocycles. The first-order chi connectivity index (χ1) is 29.6. The Labute approximate surface area is 364 Å². The molecule has 2 aliphatic heterocycles. The van der Waals surface area contributed by atoms with Crippen LogP contribution in [0.1, 0.15) is 61.7 Å². The lowest BCUT2D eigenvalue weighted by Crippen LogP contribution is -2.51. The standard InChI is InChI=1S/C57H44N2S2/c1-55(2)44-28-40-41-29-49-42(30-48(41)60-50(40)31-47(44)58(36-18-8-6-9-19-36)45-26-24-34-16-12-14-22-38(34)53(45)55)43-33-57(5)52(32-51(43)61-49)59(37-20-10-7-11-21-37)46-27-25-35-17-13-15-23-39(35)54(46)56(57,3)4/h6-32H,33H2,1-5H3. The summed E-state index contributed by atoms with van der Waals surface area (Å²) >= 11 is 3.92. The third-order valence-corrected chi connectivity index (χ3v) is 17.3. The van der Waals surface area contributed by atoms with E-state index in [-0.39, 0.29) is 16.2 Å². The normalized spacial score (nSPS) is 18.5. The highest BCUT2D eigenvalue weighted by Gasteiger charge is 2.54. The molecule has 61 heavy (non-hydrogen) atoms. The van der Waals surface area contributed by atoms with E-state index in [0.29, 0.717) is 0 Å². The molecule has 0 radical (unpaired) electrons. The zero-order valence-electron chi connectivity index (χ0n) is 35.0. The first kappa shape index (κ1) is 35.5. The van der Waals surface area contributed by atoms with Crippen LogP contribution in [0.15, 0.2) is 163 Å². The number of benzene rings is 8. The molecule has 8 aromatic carbocycles. The Morgan fingerprint density at radius 1 is 0.459 bits per heavy atom. The molecular weight excluding hydrogens is 777 g/mol. The average molecular weight is 821 g/mol. The fourth-order valence-corrected chi connectivity index (χ4v) is 13.9. The predicted octanol–water partition coefficient (Wildman–Crippen LogP) is 16.7. The van der Waals surface area contributed by atoms with Crippen molar-refractivity contribution in [3.63, 3.8) is 0 Å². The molecule has 0 saturated carbocycles. The molecule has 2 nitrogen and oxygen atoms in total. The lowest BCUT2D eigenvalue weighted by Gasteiger charge is -2.56. The van der Waals surface area contributed by atoms with E-state index in [2.05, 4.69) is 208 Å². The minimum Gasteiger partial charge on any atom is -0.313 e. The monoisotopic (exact) mass is 820 g/mol. The van der Waals surface area contributed by atoms with E-state index in [1.165, 1.54) is 113 Å². The first-order valence-corrected chi connectivity index (χ1v) is 23.2. The van der Waals surface area contributed by atoms with Gasteiger partial charge in [0, 0.05) is 63.1 Å². The second kappa shape index (κ2) is 12.2. The number of hydrogen-bond acceptors (Lipinski definition) is 4. The summed E-state index contributed by atoms with van der Waals surface area (Å²) in [6.45, 7) is 12.4. The van der Waals surface area contributed by atoms with Crippen LogP contribution in [-0.2, 0) is 17.3 Å². The maximum atomic E-state index is 2.58. The van der Waals surface area contributed by atoms with Gasteiger partial charge < -0.3 is 9.80 Å². The van der Waals surface area contributed by atoms with E-state index in [1.54, 1.807) is 0 Å². The molecule has 0 fully saturated rings. The highest BCUT2D eigenvalue weighted by molar-refractivity contribution is 7.26. The Morgan fingerprint density at radius 3 is 1.69 bits per heavy atom. The van der Waals surface area contributed by atoms with Gasteiger partial charge in [-0.3, -0.25) is 0 Å². The van der Waals surface area contributed by atoms with Gasteiger partial charge in [-0.2, -0.15) is 0 Å². The number of allylic oxidation sites excluding steroid dienone is 1. The van der Waals surface area contributed by atoms with Crippen LogP contribution >= 0.6 is 22.7 Å². The van der Waals surface area contributed by atoms with Gasteiger partial charge in [-0.15, -0.1) is 22.7 Å². The maximum absolute atomic E-state index is 2.58. The van der Waals surface area contributed by atoms with Crippen LogP contribution in [-0.4, -0.2) is 0 Å². The molecule has 13 rings (SSSR count). The molecule has 1 aliphatic carbocycles. The zero-order valence-corrected chi connectivity index (χ0v) is 36.6. The summed E-state index contributed by atoms with van der Waals surface area (Å²) in [6.07, 6.45) is 3.53. The lowest BCUT2D eigenvalue weighted by molar-refractivity contribution is 0.209. The number of rotatable bonds is 2. The van der Waals surface area contributed by atoms with Crippen LogP contribution in [0, 0.1) is 5.41 Å². The fourth-order valence-electron chi connectivity index (χ4n) is 11.6. The van der Waals surface area contributed by atoms with Crippen molar-refractivity contribution in [2.24, 2.45) is 5.41 Å². The summed E-state index contributed by atoms with van der Waals surface area (Å²) in [5, 5.41) is 9.40. The van der Waals surface area contributed by atoms with Crippen molar-refractivity contribution >= 4 is 109 Å². The molecule has 10 aromatic rings. The van der Waals surface area contributed by atoms with E-state index in [9.17, 15) is 0 Å². The molecular formula is C57H44N2S2. The Balaban J connectivity index is 1.02. The minimum atomic E-state index is -0.219. The van der Waals surface area contributed by atoms with E-state index < -0.39 is 0 Å². The van der Waals surface area contributed by atoms with Gasteiger partial charge in [-0.05, 0) is 122 Å². The van der Waals surface area contributed by atoms with Gasteiger partial charge in [-0.1, -0.05) is 132 Å². The largest absolute Gasteiger partial charge is 0.313 e. The molecule has 3 aliphatic rings. The van der Waals surface area contributed by atoms with Crippen molar-refractivity contribution in [2.45, 2.75) is 51.9 Å². The van der Waals surface area contributed by atoms with E-state index >= 15 is 0 Å². The van der Waals surface area contributed by atoms with Crippen molar-refractivity contribution in [1.29, 1.82) is 0 Å². The lowest BCUT2D eigenvalue weighted by atomic mass is 9.54. The van der Waals surface area contributed by atoms with Crippen LogP contribution in [0.3, 0.4) is 0 Å². The number of thiophene rings is 2. The van der Waals surface area contributed by atoms with Gasteiger partial charge in [-0.25, -0.2) is 0 Å². The van der Waals surface area contributed by atoms with Gasteiger partial charge in [0.2, 0.25) is 0 Å². The van der Waals surface area contributed by atoms with Gasteiger partial charge in [0.15, 0.2) is 0 Å². The Bertz CT molecular complexity index is 3530. The van der Waals surface area contributed by atoms with E-state index in [0.717, 1.165) is 6.42 Å². The topological polar surface area (TPSA) is 6.48 Å². The fraction of sp³-hybridized carbons (Fsp3) is 0.158. The van der Waals surface area contributed by atoms with E-state index in [4.69, 9.17) is 0 Å².